The van der Waals surface area contributed by atoms with E-state index >= 15 is 0 Å². The minimum atomic E-state index is 0. The smallest absolute Gasteiger partial charge is 0.248 e. The number of ether oxygens (including phenoxy) is 2. The van der Waals surface area contributed by atoms with E-state index in [9.17, 15) is 0 Å². The molecule has 2 N–H and O–H groups in total. The number of nitrogens with zero attached hydrogens (tertiary/aromatic N) is 3. The minimum absolute atomic E-state index is 0. The van der Waals surface area contributed by atoms with Crippen LogP contribution in [-0.4, -0.2) is 41.5 Å². The number of guanidine groups is 1. The molecule has 1 aliphatic rings. The number of hydrogen-bond donors (Lipinski definition) is 2. The van der Waals surface area contributed by atoms with Gasteiger partial charge in [-0.15, -0.1) is 24.0 Å². The first-order valence-corrected chi connectivity index (χ1v) is 11.3. The van der Waals surface area contributed by atoms with Crippen molar-refractivity contribution >= 4 is 35.6 Å². The third-order valence-corrected chi connectivity index (χ3v) is 4.95. The van der Waals surface area contributed by atoms with Crippen LogP contribution in [0.2, 0.25) is 0 Å². The van der Waals surface area contributed by atoms with Gasteiger partial charge < -0.3 is 24.6 Å². The van der Waals surface area contributed by atoms with E-state index in [0.717, 1.165) is 31.0 Å². The maximum absolute atomic E-state index is 6.01. The molecule has 1 aromatic heterocycles. The first-order chi connectivity index (χ1) is 15.1. The molecule has 32 heavy (non-hydrogen) atoms. The highest BCUT2D eigenvalue weighted by molar-refractivity contribution is 14.0. The maximum Gasteiger partial charge on any atom is 0.248 e. The minimum Gasteiger partial charge on any atom is -0.491 e. The zero-order valence-electron chi connectivity index (χ0n) is 19.3. The summed E-state index contributed by atoms with van der Waals surface area (Å²) in [5, 5.41) is 10.5. The summed E-state index contributed by atoms with van der Waals surface area (Å²) in [6, 6.07) is 7.83. The molecule has 2 aromatic rings. The summed E-state index contributed by atoms with van der Waals surface area (Å²) < 4.78 is 16.9. The van der Waals surface area contributed by atoms with Gasteiger partial charge in [-0.05, 0) is 64.3 Å². The fraction of sp³-hybridized carbons (Fsp3) is 0.609. The molecule has 0 saturated heterocycles. The monoisotopic (exact) mass is 557 g/mol. The summed E-state index contributed by atoms with van der Waals surface area (Å²) in [4.78, 5) is 8.80. The van der Waals surface area contributed by atoms with Crippen molar-refractivity contribution in [3.05, 3.63) is 36.0 Å². The summed E-state index contributed by atoms with van der Waals surface area (Å²) in [7, 11) is 0. The molecule has 1 fully saturated rings. The predicted molar refractivity (Wildman–Crippen MR) is 137 cm³/mol. The van der Waals surface area contributed by atoms with Crippen molar-refractivity contribution in [2.24, 2.45) is 4.99 Å². The molecule has 1 aromatic carbocycles. The highest BCUT2D eigenvalue weighted by atomic mass is 127. The van der Waals surface area contributed by atoms with Crippen molar-refractivity contribution < 1.29 is 14.0 Å². The molecule has 0 aliphatic heterocycles. The second-order valence-corrected chi connectivity index (χ2v) is 8.13. The number of nitrogens with one attached hydrogen (secondary N) is 2. The lowest BCUT2D eigenvalue weighted by Gasteiger charge is -2.22. The summed E-state index contributed by atoms with van der Waals surface area (Å²) in [5.41, 5.74) is 0.919. The molecule has 0 radical (unpaired) electrons. The van der Waals surface area contributed by atoms with E-state index in [1.165, 1.54) is 32.1 Å². The Hall–Kier alpha value is -1.88. The van der Waals surface area contributed by atoms with Crippen molar-refractivity contribution in [3.63, 3.8) is 0 Å². The Morgan fingerprint density at radius 2 is 1.94 bits per heavy atom. The molecule has 1 aliphatic carbocycles. The van der Waals surface area contributed by atoms with Gasteiger partial charge >= 0.3 is 0 Å². The SMILES string of the molecule is Cc1noc(CN=C(NCCCOC2CCCCC2)Nc2ccc(OC(C)C)cc2)n1.I. The van der Waals surface area contributed by atoms with Crippen LogP contribution in [0.1, 0.15) is 64.1 Å². The van der Waals surface area contributed by atoms with Gasteiger partial charge in [-0.25, -0.2) is 4.99 Å². The second-order valence-electron chi connectivity index (χ2n) is 8.13. The van der Waals surface area contributed by atoms with Gasteiger partial charge in [0, 0.05) is 18.8 Å². The van der Waals surface area contributed by atoms with Gasteiger partial charge in [0.15, 0.2) is 11.8 Å². The summed E-state index contributed by atoms with van der Waals surface area (Å²) in [6.07, 6.45) is 7.82. The number of aryl methyl sites for hydroxylation is 1. The topological polar surface area (TPSA) is 93.8 Å². The number of anilines is 1. The lowest BCUT2D eigenvalue weighted by atomic mass is 9.98. The second kappa shape index (κ2) is 14.3. The lowest BCUT2D eigenvalue weighted by molar-refractivity contribution is 0.0277. The maximum atomic E-state index is 6.01. The van der Waals surface area contributed by atoms with Crippen LogP contribution in [0.5, 0.6) is 5.75 Å². The standard InChI is InChI=1S/C23H35N5O3.HI/c1-17(2)30-21-12-10-19(11-13-21)27-23(25-16-22-26-18(3)28-31-22)24-14-7-15-29-20-8-5-4-6-9-20;/h10-13,17,20H,4-9,14-16H2,1-3H3,(H2,24,25,27);1H. The normalized spacial score (nSPS) is 14.8. The molecule has 0 bridgehead atoms. The molecule has 8 nitrogen and oxygen atoms in total. The Balaban J connectivity index is 0.00000363. The van der Waals surface area contributed by atoms with E-state index in [1.54, 1.807) is 6.92 Å². The Labute approximate surface area is 208 Å². The third kappa shape index (κ3) is 9.72. The molecular formula is C23H36IN5O3. The van der Waals surface area contributed by atoms with Crippen molar-refractivity contribution in [1.82, 2.24) is 15.5 Å². The molecule has 0 unspecified atom stereocenters. The summed E-state index contributed by atoms with van der Waals surface area (Å²) in [6.45, 7) is 7.64. The average Bonchev–Trinajstić information content (AvgIpc) is 3.18. The number of hydrogen-bond acceptors (Lipinski definition) is 6. The van der Waals surface area contributed by atoms with Gasteiger partial charge in [0.2, 0.25) is 5.89 Å². The van der Waals surface area contributed by atoms with Gasteiger partial charge in [0.05, 0.1) is 12.2 Å². The Morgan fingerprint density at radius 3 is 2.59 bits per heavy atom. The van der Waals surface area contributed by atoms with Crippen LogP contribution < -0.4 is 15.4 Å². The molecule has 3 rings (SSSR count). The van der Waals surface area contributed by atoms with E-state index in [2.05, 4.69) is 25.8 Å². The Bertz CT molecular complexity index is 804. The number of aliphatic imine (C=N–C) groups is 1. The van der Waals surface area contributed by atoms with E-state index in [0.29, 0.717) is 30.3 Å². The van der Waals surface area contributed by atoms with Crippen LogP contribution >= 0.6 is 24.0 Å². The Morgan fingerprint density at radius 1 is 1.19 bits per heavy atom. The quantitative estimate of drug-likeness (QED) is 0.182. The molecule has 1 heterocycles. The first-order valence-electron chi connectivity index (χ1n) is 11.3. The van der Waals surface area contributed by atoms with Crippen LogP contribution in [0, 0.1) is 6.92 Å². The van der Waals surface area contributed by atoms with Crippen LogP contribution in [0.4, 0.5) is 5.69 Å². The fourth-order valence-corrected chi connectivity index (χ4v) is 3.48. The lowest BCUT2D eigenvalue weighted by Crippen LogP contribution is -2.32. The van der Waals surface area contributed by atoms with Gasteiger partial charge in [0.1, 0.15) is 12.3 Å². The number of benzene rings is 1. The van der Waals surface area contributed by atoms with Crippen LogP contribution in [-0.2, 0) is 11.3 Å². The molecule has 9 heteroatoms. The highest BCUT2D eigenvalue weighted by Crippen LogP contribution is 2.20. The zero-order valence-corrected chi connectivity index (χ0v) is 21.6. The summed E-state index contributed by atoms with van der Waals surface area (Å²) in [5.74, 6) is 2.59. The van der Waals surface area contributed by atoms with Crippen LogP contribution in [0.3, 0.4) is 0 Å². The first kappa shape index (κ1) is 26.4. The largest absolute Gasteiger partial charge is 0.491 e. The molecule has 0 amide bonds. The van der Waals surface area contributed by atoms with E-state index < -0.39 is 0 Å². The van der Waals surface area contributed by atoms with Gasteiger partial charge in [-0.1, -0.05) is 24.4 Å². The van der Waals surface area contributed by atoms with Gasteiger partial charge in [-0.3, -0.25) is 0 Å². The fourth-order valence-electron chi connectivity index (χ4n) is 3.48. The van der Waals surface area contributed by atoms with Crippen LogP contribution in [0.15, 0.2) is 33.8 Å². The van der Waals surface area contributed by atoms with Crippen molar-refractivity contribution in [2.75, 3.05) is 18.5 Å². The molecule has 1 saturated carbocycles. The van der Waals surface area contributed by atoms with E-state index in [4.69, 9.17) is 14.0 Å². The van der Waals surface area contributed by atoms with Gasteiger partial charge in [-0.2, -0.15) is 4.98 Å². The number of aromatic nitrogens is 2. The molecule has 0 atom stereocenters. The predicted octanol–water partition coefficient (Wildman–Crippen LogP) is 5.08. The highest BCUT2D eigenvalue weighted by Gasteiger charge is 2.13. The number of rotatable bonds is 10. The third-order valence-electron chi connectivity index (χ3n) is 4.95. The molecular weight excluding hydrogens is 521 g/mol. The molecule has 0 spiro atoms. The van der Waals surface area contributed by atoms with Crippen LogP contribution in [0.25, 0.3) is 0 Å². The van der Waals surface area contributed by atoms with Gasteiger partial charge in [0.25, 0.3) is 0 Å². The van der Waals surface area contributed by atoms with Crippen molar-refractivity contribution in [3.8, 4) is 5.75 Å². The number of halogens is 1. The van der Waals surface area contributed by atoms with E-state index in [1.807, 2.05) is 38.1 Å². The zero-order chi connectivity index (χ0) is 21.9. The Kier molecular flexibility index (Phi) is 11.8. The van der Waals surface area contributed by atoms with Crippen molar-refractivity contribution in [2.45, 2.75) is 78.0 Å². The average molecular weight is 557 g/mol. The molecule has 178 valence electrons. The summed E-state index contributed by atoms with van der Waals surface area (Å²) >= 11 is 0. The van der Waals surface area contributed by atoms with E-state index in [-0.39, 0.29) is 30.1 Å². The van der Waals surface area contributed by atoms with Crippen molar-refractivity contribution in [1.29, 1.82) is 0 Å².